The topological polar surface area (TPSA) is 124 Å². The van der Waals surface area contributed by atoms with E-state index in [0.29, 0.717) is 31.7 Å². The fourth-order valence-corrected chi connectivity index (χ4v) is 5.51. The number of nitrogens with two attached hydrogens (primary N) is 1. The van der Waals surface area contributed by atoms with E-state index >= 15 is 0 Å². The number of hydrogen-bond acceptors (Lipinski definition) is 8. The number of nitrogens with one attached hydrogen (secondary N) is 1. The molecular weight excluding hydrogens is 416 g/mol. The molecule has 0 aliphatic carbocycles. The molecule has 0 bridgehead atoms. The van der Waals surface area contributed by atoms with Crippen molar-refractivity contribution in [2.45, 2.75) is 37.9 Å². The van der Waals surface area contributed by atoms with Gasteiger partial charge in [0, 0.05) is 48.6 Å². The van der Waals surface area contributed by atoms with Crippen LogP contribution in [0.2, 0.25) is 0 Å². The molecule has 2 amide bonds. The van der Waals surface area contributed by atoms with E-state index in [1.165, 1.54) is 0 Å². The quantitative estimate of drug-likeness (QED) is 0.585. The van der Waals surface area contributed by atoms with E-state index < -0.39 is 0 Å². The minimum absolute atomic E-state index is 0.0237. The number of aromatic nitrogens is 5. The maximum atomic E-state index is 12.2. The smallest absolute Gasteiger partial charge is 0.317 e. The molecule has 3 N–H and O–H groups in total. The van der Waals surface area contributed by atoms with Crippen molar-refractivity contribution in [1.82, 2.24) is 34.9 Å². The lowest BCUT2D eigenvalue weighted by Crippen LogP contribution is -2.40. The van der Waals surface area contributed by atoms with E-state index in [0.717, 1.165) is 44.4 Å². The average Bonchev–Trinajstić information content (AvgIpc) is 3.25. The van der Waals surface area contributed by atoms with Crippen molar-refractivity contribution in [3.8, 4) is 5.75 Å². The van der Waals surface area contributed by atoms with Crippen LogP contribution in [0.1, 0.15) is 22.5 Å². The van der Waals surface area contributed by atoms with E-state index in [-0.39, 0.29) is 18.0 Å². The number of hydrogen-bond donors (Lipinski definition) is 2. The third-order valence-corrected chi connectivity index (χ3v) is 6.99. The number of methoxy groups -OCH3 is 1. The van der Waals surface area contributed by atoms with Crippen LogP contribution < -0.4 is 15.8 Å². The number of carbonyl (C=O) groups excluding carboxylic acids is 1. The first-order valence-electron chi connectivity index (χ1n) is 10.2. The van der Waals surface area contributed by atoms with E-state index in [1.54, 1.807) is 18.9 Å². The number of aryl methyl sites for hydroxylation is 1. The highest BCUT2D eigenvalue weighted by atomic mass is 32.2. The van der Waals surface area contributed by atoms with Crippen molar-refractivity contribution in [3.05, 3.63) is 28.7 Å². The number of urea groups is 1. The van der Waals surface area contributed by atoms with E-state index in [9.17, 15) is 4.79 Å². The number of amides is 2. The third kappa shape index (κ3) is 3.32. The predicted molar refractivity (Wildman–Crippen MR) is 117 cm³/mol. The molecular formula is C20H24N8O2S. The molecule has 0 radical (unpaired) electrons. The molecule has 5 rings (SSSR count). The monoisotopic (exact) mass is 440 g/mol. The van der Waals surface area contributed by atoms with Crippen LogP contribution >= 0.6 is 11.8 Å². The zero-order valence-corrected chi connectivity index (χ0v) is 18.5. The summed E-state index contributed by atoms with van der Waals surface area (Å²) in [7, 11) is 1.67. The van der Waals surface area contributed by atoms with Crippen LogP contribution in [0.5, 0.6) is 5.75 Å². The molecule has 2 aliphatic heterocycles. The van der Waals surface area contributed by atoms with Gasteiger partial charge < -0.3 is 20.7 Å². The van der Waals surface area contributed by atoms with Crippen molar-refractivity contribution in [2.24, 2.45) is 0 Å². The van der Waals surface area contributed by atoms with E-state index in [4.69, 9.17) is 15.6 Å². The predicted octanol–water partition coefficient (Wildman–Crippen LogP) is 1.52. The third-order valence-electron chi connectivity index (χ3n) is 5.87. The van der Waals surface area contributed by atoms with Crippen molar-refractivity contribution >= 4 is 34.8 Å². The number of nitrogens with zero attached hydrogens (tertiary/aromatic N) is 6. The molecule has 3 aromatic rings. The Morgan fingerprint density at radius 1 is 1.35 bits per heavy atom. The second kappa shape index (κ2) is 7.56. The Labute approximate surface area is 183 Å². The summed E-state index contributed by atoms with van der Waals surface area (Å²) in [5, 5.41) is 9.51. The molecule has 0 spiro atoms. The number of thioether (sulfide) groups is 1. The summed E-state index contributed by atoms with van der Waals surface area (Å²) in [6.45, 7) is 5.78. The van der Waals surface area contributed by atoms with Gasteiger partial charge in [-0.1, -0.05) is 0 Å². The number of pyridine rings is 1. The van der Waals surface area contributed by atoms with Gasteiger partial charge in [-0.15, -0.1) is 11.8 Å². The van der Waals surface area contributed by atoms with Gasteiger partial charge in [-0.25, -0.2) is 14.5 Å². The summed E-state index contributed by atoms with van der Waals surface area (Å²) in [6.07, 6.45) is 2.46. The van der Waals surface area contributed by atoms with E-state index in [1.807, 2.05) is 29.6 Å². The number of anilines is 1. The molecule has 162 valence electrons. The molecule has 1 fully saturated rings. The van der Waals surface area contributed by atoms with Crippen molar-refractivity contribution in [1.29, 1.82) is 0 Å². The van der Waals surface area contributed by atoms with Crippen LogP contribution in [0.3, 0.4) is 0 Å². The molecule has 2 aliphatic rings. The van der Waals surface area contributed by atoms with Gasteiger partial charge in [0.15, 0.2) is 5.65 Å². The van der Waals surface area contributed by atoms with Gasteiger partial charge in [0.05, 0.1) is 30.4 Å². The Bertz CT molecular complexity index is 1190. The molecule has 11 heteroatoms. The summed E-state index contributed by atoms with van der Waals surface area (Å²) >= 11 is 1.60. The maximum Gasteiger partial charge on any atom is 0.317 e. The van der Waals surface area contributed by atoms with Crippen LogP contribution in [0, 0.1) is 13.8 Å². The second-order valence-electron chi connectivity index (χ2n) is 7.83. The zero-order valence-electron chi connectivity index (χ0n) is 17.7. The van der Waals surface area contributed by atoms with Crippen molar-refractivity contribution < 1.29 is 9.53 Å². The second-order valence-corrected chi connectivity index (χ2v) is 8.84. The van der Waals surface area contributed by atoms with Crippen molar-refractivity contribution in [2.75, 3.05) is 31.7 Å². The first kappa shape index (κ1) is 19.9. The van der Waals surface area contributed by atoms with Gasteiger partial charge in [0.25, 0.3) is 0 Å². The Morgan fingerprint density at radius 2 is 2.19 bits per heavy atom. The summed E-state index contributed by atoms with van der Waals surface area (Å²) < 4.78 is 7.39. The summed E-state index contributed by atoms with van der Waals surface area (Å²) in [4.78, 5) is 27.7. The van der Waals surface area contributed by atoms with E-state index in [2.05, 4.69) is 20.3 Å². The summed E-state index contributed by atoms with van der Waals surface area (Å²) in [6, 6.07) is 0.0122. The van der Waals surface area contributed by atoms with Crippen molar-refractivity contribution in [3.63, 3.8) is 0 Å². The van der Waals surface area contributed by atoms with Gasteiger partial charge in [-0.3, -0.25) is 4.98 Å². The van der Waals surface area contributed by atoms with Crippen LogP contribution in [0.25, 0.3) is 11.0 Å². The number of nitrogen functional groups attached to an aromatic ring is 1. The zero-order chi connectivity index (χ0) is 21.7. The molecule has 0 aromatic carbocycles. The first-order valence-corrected chi connectivity index (χ1v) is 11.1. The van der Waals surface area contributed by atoms with Gasteiger partial charge >= 0.3 is 6.03 Å². The Kier molecular flexibility index (Phi) is 4.84. The number of ether oxygens (including phenoxy) is 1. The summed E-state index contributed by atoms with van der Waals surface area (Å²) in [5.74, 6) is 1.78. The Balaban J connectivity index is 1.57. The molecule has 10 nitrogen and oxygen atoms in total. The number of carbonyl (C=O) groups is 1. The SMILES string of the molecule is COc1c(C)cnc(Cn2nc3c4c(nc(N)nc42)SCC(N2CCNC2=O)C3)c1C. The molecule has 0 saturated carbocycles. The average molecular weight is 441 g/mol. The summed E-state index contributed by atoms with van der Waals surface area (Å²) in [5.41, 5.74) is 10.4. The maximum absolute atomic E-state index is 12.2. The lowest BCUT2D eigenvalue weighted by atomic mass is 10.1. The lowest BCUT2D eigenvalue weighted by Gasteiger charge is -2.24. The van der Waals surface area contributed by atoms with Gasteiger partial charge in [-0.2, -0.15) is 10.1 Å². The highest BCUT2D eigenvalue weighted by Gasteiger charge is 2.33. The normalized spacial score (nSPS) is 18.4. The highest BCUT2D eigenvalue weighted by molar-refractivity contribution is 7.99. The van der Waals surface area contributed by atoms with Crippen LogP contribution in [-0.2, 0) is 13.0 Å². The molecule has 31 heavy (non-hydrogen) atoms. The van der Waals surface area contributed by atoms with Gasteiger partial charge in [0.1, 0.15) is 10.8 Å². The first-order chi connectivity index (χ1) is 15.0. The molecule has 1 saturated heterocycles. The van der Waals surface area contributed by atoms with Gasteiger partial charge in [0.2, 0.25) is 5.95 Å². The largest absolute Gasteiger partial charge is 0.496 e. The lowest BCUT2D eigenvalue weighted by molar-refractivity contribution is 0.202. The number of rotatable bonds is 4. The Morgan fingerprint density at radius 3 is 2.94 bits per heavy atom. The Hall–Kier alpha value is -3.08. The minimum atomic E-state index is -0.0237. The highest BCUT2D eigenvalue weighted by Crippen LogP contribution is 2.35. The fourth-order valence-electron chi connectivity index (χ4n) is 4.35. The van der Waals surface area contributed by atoms with Gasteiger partial charge in [-0.05, 0) is 13.8 Å². The van der Waals surface area contributed by atoms with Crippen LogP contribution in [-0.4, -0.2) is 67.7 Å². The molecule has 5 heterocycles. The molecule has 1 unspecified atom stereocenters. The minimum Gasteiger partial charge on any atom is -0.496 e. The van der Waals surface area contributed by atoms with Crippen LogP contribution in [0.15, 0.2) is 11.2 Å². The van der Waals surface area contributed by atoms with Crippen LogP contribution in [0.4, 0.5) is 10.7 Å². The fraction of sp³-hybridized carbons (Fsp3) is 0.450. The molecule has 1 atom stereocenters. The molecule has 3 aromatic heterocycles. The standard InChI is InChI=1S/C20H24N8O2S/c1-10-7-23-14(11(2)16(10)30-3)8-28-17-15-13(26-28)6-12(27-5-4-22-20(27)29)9-31-18(15)25-19(21)24-17/h7,12H,4-6,8-9H2,1-3H3,(H,22,29)(H2,21,24,25).